The number of piperazine rings is 1. The molecule has 2 heterocycles. The van der Waals surface area contributed by atoms with Crippen molar-refractivity contribution in [2.75, 3.05) is 39.3 Å². The van der Waals surface area contributed by atoms with Crippen LogP contribution in [-0.4, -0.2) is 61.0 Å². The summed E-state index contributed by atoms with van der Waals surface area (Å²) in [6.07, 6.45) is 10.6. The van der Waals surface area contributed by atoms with Crippen LogP contribution >= 0.6 is 0 Å². The Morgan fingerprint density at radius 3 is 2.48 bits per heavy atom. The number of amides is 1. The fourth-order valence-electron chi connectivity index (χ4n) is 4.49. The van der Waals surface area contributed by atoms with Gasteiger partial charge in [-0.3, -0.25) is 9.69 Å². The highest BCUT2D eigenvalue weighted by atomic mass is 16.2. The first-order valence-corrected chi connectivity index (χ1v) is 9.07. The summed E-state index contributed by atoms with van der Waals surface area (Å²) in [5.74, 6) is 1.28. The maximum absolute atomic E-state index is 12.3. The highest BCUT2D eigenvalue weighted by molar-refractivity contribution is 5.76. The molecule has 120 valence electrons. The van der Waals surface area contributed by atoms with Gasteiger partial charge in [0.15, 0.2) is 0 Å². The van der Waals surface area contributed by atoms with Gasteiger partial charge >= 0.3 is 0 Å². The quantitative estimate of drug-likeness (QED) is 0.859. The van der Waals surface area contributed by atoms with Crippen molar-refractivity contribution in [3.8, 4) is 0 Å². The molecule has 1 saturated carbocycles. The van der Waals surface area contributed by atoms with Crippen molar-refractivity contribution in [1.29, 1.82) is 0 Å². The van der Waals surface area contributed by atoms with Gasteiger partial charge in [-0.2, -0.15) is 0 Å². The van der Waals surface area contributed by atoms with E-state index >= 15 is 0 Å². The Morgan fingerprint density at radius 1 is 0.952 bits per heavy atom. The lowest BCUT2D eigenvalue weighted by Crippen LogP contribution is -2.47. The first kappa shape index (κ1) is 15.3. The first-order chi connectivity index (χ1) is 10.3. The number of hydrogen-bond acceptors (Lipinski definition) is 3. The fourth-order valence-corrected chi connectivity index (χ4v) is 4.49. The second-order valence-electron chi connectivity index (χ2n) is 7.02. The molecule has 0 spiro atoms. The van der Waals surface area contributed by atoms with Gasteiger partial charge in [0, 0.05) is 45.2 Å². The third kappa shape index (κ3) is 3.98. The Bertz CT molecular complexity index is 335. The molecule has 2 aliphatic heterocycles. The van der Waals surface area contributed by atoms with Gasteiger partial charge in [-0.25, -0.2) is 0 Å². The van der Waals surface area contributed by atoms with Crippen molar-refractivity contribution < 1.29 is 4.79 Å². The molecule has 4 heteroatoms. The van der Waals surface area contributed by atoms with E-state index in [-0.39, 0.29) is 0 Å². The van der Waals surface area contributed by atoms with Crippen molar-refractivity contribution in [1.82, 2.24) is 15.1 Å². The van der Waals surface area contributed by atoms with Crippen LogP contribution in [0.3, 0.4) is 0 Å². The number of carbonyl (C=O) groups excluding carboxylic acids is 1. The third-order valence-corrected chi connectivity index (χ3v) is 5.69. The highest BCUT2D eigenvalue weighted by Crippen LogP contribution is 2.34. The molecule has 4 nitrogen and oxygen atoms in total. The molecule has 1 amide bonds. The van der Waals surface area contributed by atoms with Gasteiger partial charge in [0.2, 0.25) is 5.91 Å². The van der Waals surface area contributed by atoms with Crippen molar-refractivity contribution in [2.45, 2.75) is 57.4 Å². The summed E-state index contributed by atoms with van der Waals surface area (Å²) in [6, 6.07) is 0.779. The molecule has 21 heavy (non-hydrogen) atoms. The Kier molecular flexibility index (Phi) is 5.53. The van der Waals surface area contributed by atoms with E-state index in [1.807, 2.05) is 4.90 Å². The van der Waals surface area contributed by atoms with Crippen LogP contribution in [-0.2, 0) is 4.79 Å². The lowest BCUT2D eigenvalue weighted by molar-refractivity contribution is -0.132. The number of carbonyl (C=O) groups is 1. The standard InChI is InChI=1S/C17H31N3O/c21-17(20-13-9-18-10-14-20)8-12-19-11-4-7-16(19)15-5-2-1-3-6-15/h15-16,18H,1-14H2. The number of hydrogen-bond donors (Lipinski definition) is 1. The molecule has 3 fully saturated rings. The van der Waals surface area contributed by atoms with Gasteiger partial charge in [-0.15, -0.1) is 0 Å². The second kappa shape index (κ2) is 7.59. The highest BCUT2D eigenvalue weighted by Gasteiger charge is 2.32. The maximum Gasteiger partial charge on any atom is 0.223 e. The largest absolute Gasteiger partial charge is 0.340 e. The summed E-state index contributed by atoms with van der Waals surface area (Å²) in [7, 11) is 0. The van der Waals surface area contributed by atoms with E-state index in [1.165, 1.54) is 51.5 Å². The molecular formula is C17H31N3O. The van der Waals surface area contributed by atoms with E-state index in [2.05, 4.69) is 10.2 Å². The second-order valence-corrected chi connectivity index (χ2v) is 7.02. The zero-order valence-electron chi connectivity index (χ0n) is 13.4. The van der Waals surface area contributed by atoms with Crippen molar-refractivity contribution in [3.05, 3.63) is 0 Å². The van der Waals surface area contributed by atoms with E-state index in [4.69, 9.17) is 0 Å². The van der Waals surface area contributed by atoms with E-state index in [9.17, 15) is 4.79 Å². The molecule has 0 bridgehead atoms. The maximum atomic E-state index is 12.3. The van der Waals surface area contributed by atoms with Crippen LogP contribution in [0.2, 0.25) is 0 Å². The van der Waals surface area contributed by atoms with Gasteiger partial charge < -0.3 is 10.2 Å². The predicted molar refractivity (Wildman–Crippen MR) is 85.2 cm³/mol. The number of nitrogens with one attached hydrogen (secondary N) is 1. The zero-order valence-corrected chi connectivity index (χ0v) is 13.4. The van der Waals surface area contributed by atoms with Crippen molar-refractivity contribution in [2.24, 2.45) is 5.92 Å². The van der Waals surface area contributed by atoms with Crippen molar-refractivity contribution >= 4 is 5.91 Å². The minimum absolute atomic E-state index is 0.366. The van der Waals surface area contributed by atoms with Crippen LogP contribution < -0.4 is 5.32 Å². The molecule has 3 aliphatic rings. The molecule has 0 radical (unpaired) electrons. The minimum atomic E-state index is 0.366. The Hall–Kier alpha value is -0.610. The third-order valence-electron chi connectivity index (χ3n) is 5.69. The van der Waals surface area contributed by atoms with E-state index in [1.54, 1.807) is 0 Å². The average molecular weight is 293 g/mol. The molecule has 0 aromatic rings. The van der Waals surface area contributed by atoms with Crippen LogP contribution in [0, 0.1) is 5.92 Å². The average Bonchev–Trinajstić information content (AvgIpc) is 3.03. The summed E-state index contributed by atoms with van der Waals surface area (Å²) in [6.45, 7) is 5.91. The number of nitrogens with zero attached hydrogens (tertiary/aromatic N) is 2. The van der Waals surface area contributed by atoms with Gasteiger partial charge in [-0.1, -0.05) is 19.3 Å². The SMILES string of the molecule is O=C(CCN1CCCC1C1CCCCC1)N1CCNCC1. The van der Waals surface area contributed by atoms with Crippen LogP contribution in [0.5, 0.6) is 0 Å². The molecule has 1 unspecified atom stereocenters. The van der Waals surface area contributed by atoms with Gasteiger partial charge in [0.25, 0.3) is 0 Å². The molecule has 1 atom stereocenters. The molecule has 0 aromatic carbocycles. The van der Waals surface area contributed by atoms with Crippen LogP contribution in [0.1, 0.15) is 51.4 Å². The molecule has 3 rings (SSSR count). The van der Waals surface area contributed by atoms with E-state index in [0.29, 0.717) is 5.91 Å². The lowest BCUT2D eigenvalue weighted by Gasteiger charge is -2.34. The Labute approximate surface area is 129 Å². The molecule has 0 aromatic heterocycles. The van der Waals surface area contributed by atoms with E-state index in [0.717, 1.165) is 51.1 Å². The molecule has 1 N–H and O–H groups in total. The minimum Gasteiger partial charge on any atom is -0.340 e. The zero-order chi connectivity index (χ0) is 14.5. The van der Waals surface area contributed by atoms with Gasteiger partial charge in [0.1, 0.15) is 0 Å². The topological polar surface area (TPSA) is 35.6 Å². The number of rotatable bonds is 4. The summed E-state index contributed by atoms with van der Waals surface area (Å²) in [5.41, 5.74) is 0. The van der Waals surface area contributed by atoms with Crippen LogP contribution in [0.4, 0.5) is 0 Å². The lowest BCUT2D eigenvalue weighted by atomic mass is 9.83. The normalized spacial score (nSPS) is 29.0. The molecule has 1 aliphatic carbocycles. The summed E-state index contributed by atoms with van der Waals surface area (Å²) < 4.78 is 0. The summed E-state index contributed by atoms with van der Waals surface area (Å²) in [4.78, 5) is 17.0. The summed E-state index contributed by atoms with van der Waals surface area (Å²) in [5, 5.41) is 3.31. The van der Waals surface area contributed by atoms with Gasteiger partial charge in [-0.05, 0) is 38.1 Å². The van der Waals surface area contributed by atoms with Crippen molar-refractivity contribution in [3.63, 3.8) is 0 Å². The summed E-state index contributed by atoms with van der Waals surface area (Å²) >= 11 is 0. The molecular weight excluding hydrogens is 262 g/mol. The van der Waals surface area contributed by atoms with E-state index < -0.39 is 0 Å². The van der Waals surface area contributed by atoms with Crippen LogP contribution in [0.25, 0.3) is 0 Å². The Morgan fingerprint density at radius 2 is 1.71 bits per heavy atom. The fraction of sp³-hybridized carbons (Fsp3) is 0.941. The monoisotopic (exact) mass is 293 g/mol. The molecule has 2 saturated heterocycles. The predicted octanol–water partition coefficient (Wildman–Crippen LogP) is 1.85. The smallest absolute Gasteiger partial charge is 0.223 e. The number of likely N-dealkylation sites (tertiary alicyclic amines) is 1. The van der Waals surface area contributed by atoms with Gasteiger partial charge in [0.05, 0.1) is 0 Å². The first-order valence-electron chi connectivity index (χ1n) is 9.07. The Balaban J connectivity index is 1.45. The van der Waals surface area contributed by atoms with Crippen LogP contribution in [0.15, 0.2) is 0 Å².